The van der Waals surface area contributed by atoms with Crippen LogP contribution in [0.2, 0.25) is 0 Å². The first-order chi connectivity index (χ1) is 9.63. The molecule has 0 aromatic carbocycles. The highest BCUT2D eigenvalue weighted by molar-refractivity contribution is 5.12. The summed E-state index contributed by atoms with van der Waals surface area (Å²) in [6.07, 6.45) is 2.21. The summed E-state index contributed by atoms with van der Waals surface area (Å²) in [6.45, 7) is 8.12. The second kappa shape index (κ2) is 7.20. The minimum Gasteiger partial charge on any atom is -0.374 e. The monoisotopic (exact) mass is 280 g/mol. The van der Waals surface area contributed by atoms with Crippen LogP contribution in [-0.2, 0) is 24.6 Å². The number of hydrogen-bond acceptors (Lipinski definition) is 4. The predicted molar refractivity (Wildman–Crippen MR) is 81.0 cm³/mol. The summed E-state index contributed by atoms with van der Waals surface area (Å²) in [7, 11) is 4.20. The van der Waals surface area contributed by atoms with Crippen molar-refractivity contribution in [1.29, 1.82) is 0 Å². The number of likely N-dealkylation sites (N-methyl/N-ethyl adjacent to an activating group) is 2. The van der Waals surface area contributed by atoms with Crippen molar-refractivity contribution in [2.45, 2.75) is 38.8 Å². The minimum atomic E-state index is 0.258. The van der Waals surface area contributed by atoms with Gasteiger partial charge in [0.05, 0.1) is 18.4 Å². The van der Waals surface area contributed by atoms with Crippen molar-refractivity contribution in [3.05, 3.63) is 17.5 Å². The lowest BCUT2D eigenvalue weighted by atomic mass is 10.0. The van der Waals surface area contributed by atoms with Crippen molar-refractivity contribution in [3.63, 3.8) is 0 Å². The highest BCUT2D eigenvalue weighted by Gasteiger charge is 2.27. The van der Waals surface area contributed by atoms with E-state index in [0.29, 0.717) is 6.04 Å². The fourth-order valence-electron chi connectivity index (χ4n) is 2.81. The SMILES string of the molecule is CCNC(Cc1cc(CC)nn1C)C1CN(C)CCO1. The largest absolute Gasteiger partial charge is 0.374 e. The third-order valence-corrected chi connectivity index (χ3v) is 4.03. The summed E-state index contributed by atoms with van der Waals surface area (Å²) in [4.78, 5) is 2.35. The van der Waals surface area contributed by atoms with E-state index in [-0.39, 0.29) is 6.10 Å². The van der Waals surface area contributed by atoms with Gasteiger partial charge in [-0.15, -0.1) is 0 Å². The smallest absolute Gasteiger partial charge is 0.0858 e. The average Bonchev–Trinajstić information content (AvgIpc) is 2.79. The van der Waals surface area contributed by atoms with Gasteiger partial charge in [0, 0.05) is 38.3 Å². The van der Waals surface area contributed by atoms with E-state index in [0.717, 1.165) is 39.1 Å². The molecule has 5 nitrogen and oxygen atoms in total. The molecule has 0 radical (unpaired) electrons. The van der Waals surface area contributed by atoms with Crippen LogP contribution in [-0.4, -0.2) is 60.1 Å². The van der Waals surface area contributed by atoms with E-state index in [1.165, 1.54) is 11.4 Å². The summed E-state index contributed by atoms with van der Waals surface area (Å²) in [5, 5.41) is 8.12. The number of morpholine rings is 1. The molecule has 2 rings (SSSR count). The summed E-state index contributed by atoms with van der Waals surface area (Å²) >= 11 is 0. The van der Waals surface area contributed by atoms with Gasteiger partial charge in [-0.1, -0.05) is 13.8 Å². The zero-order chi connectivity index (χ0) is 14.5. The number of nitrogens with one attached hydrogen (secondary N) is 1. The molecular formula is C15H28N4O. The third-order valence-electron chi connectivity index (χ3n) is 4.03. The zero-order valence-corrected chi connectivity index (χ0v) is 13.2. The van der Waals surface area contributed by atoms with Gasteiger partial charge in [0.1, 0.15) is 0 Å². The molecule has 0 aliphatic carbocycles. The summed E-state index contributed by atoms with van der Waals surface area (Å²) in [5.74, 6) is 0. The van der Waals surface area contributed by atoms with Gasteiger partial charge in [0.25, 0.3) is 0 Å². The Balaban J connectivity index is 2.05. The van der Waals surface area contributed by atoms with Crippen molar-refractivity contribution in [2.75, 3.05) is 33.3 Å². The Bertz CT molecular complexity index is 418. The van der Waals surface area contributed by atoms with E-state index >= 15 is 0 Å². The van der Waals surface area contributed by atoms with Gasteiger partial charge in [0.2, 0.25) is 0 Å². The summed E-state index contributed by atoms with van der Waals surface area (Å²) in [6, 6.07) is 2.57. The normalized spacial score (nSPS) is 22.1. The van der Waals surface area contributed by atoms with E-state index < -0.39 is 0 Å². The van der Waals surface area contributed by atoms with E-state index in [2.05, 4.69) is 42.3 Å². The predicted octanol–water partition coefficient (Wildman–Crippen LogP) is 0.834. The van der Waals surface area contributed by atoms with Crippen molar-refractivity contribution in [2.24, 2.45) is 7.05 Å². The molecule has 1 fully saturated rings. The summed E-state index contributed by atoms with van der Waals surface area (Å²) < 4.78 is 7.98. The van der Waals surface area contributed by atoms with Gasteiger partial charge in [-0.05, 0) is 26.1 Å². The van der Waals surface area contributed by atoms with Gasteiger partial charge >= 0.3 is 0 Å². The van der Waals surface area contributed by atoms with Crippen LogP contribution in [0.1, 0.15) is 25.2 Å². The number of hydrogen-bond donors (Lipinski definition) is 1. The first-order valence-electron chi connectivity index (χ1n) is 7.69. The number of aromatic nitrogens is 2. The van der Waals surface area contributed by atoms with E-state index in [1.807, 2.05) is 11.7 Å². The van der Waals surface area contributed by atoms with Crippen molar-refractivity contribution >= 4 is 0 Å². The maximum absolute atomic E-state index is 5.97. The molecular weight excluding hydrogens is 252 g/mol. The van der Waals surface area contributed by atoms with Crippen LogP contribution in [0.25, 0.3) is 0 Å². The van der Waals surface area contributed by atoms with Crippen molar-refractivity contribution in [3.8, 4) is 0 Å². The Morgan fingerprint density at radius 3 is 2.85 bits per heavy atom. The Labute approximate surface area is 122 Å². The number of nitrogens with zero attached hydrogens (tertiary/aromatic N) is 3. The third kappa shape index (κ3) is 3.81. The van der Waals surface area contributed by atoms with Crippen LogP contribution in [0.3, 0.4) is 0 Å². The lowest BCUT2D eigenvalue weighted by Gasteiger charge is -2.35. The fraction of sp³-hybridized carbons (Fsp3) is 0.800. The molecule has 2 atom stereocenters. The van der Waals surface area contributed by atoms with Gasteiger partial charge in [-0.3, -0.25) is 4.68 Å². The lowest BCUT2D eigenvalue weighted by Crippen LogP contribution is -2.52. The van der Waals surface area contributed by atoms with E-state index in [9.17, 15) is 0 Å². The molecule has 1 aromatic heterocycles. The Morgan fingerprint density at radius 2 is 2.25 bits per heavy atom. The molecule has 1 aromatic rings. The van der Waals surface area contributed by atoms with Gasteiger partial charge in [0.15, 0.2) is 0 Å². The first-order valence-corrected chi connectivity index (χ1v) is 7.69. The first kappa shape index (κ1) is 15.5. The highest BCUT2D eigenvalue weighted by atomic mass is 16.5. The van der Waals surface area contributed by atoms with Gasteiger partial charge in [-0.25, -0.2) is 0 Å². The molecule has 5 heteroatoms. The lowest BCUT2D eigenvalue weighted by molar-refractivity contribution is -0.0384. The number of ether oxygens (including phenoxy) is 1. The standard InChI is InChI=1S/C15H28N4O/c1-5-12-9-13(19(4)17-12)10-14(16-6-2)15-11-18(3)7-8-20-15/h9,14-16H,5-8,10-11H2,1-4H3. The van der Waals surface area contributed by atoms with Crippen LogP contribution < -0.4 is 5.32 Å². The fourth-order valence-corrected chi connectivity index (χ4v) is 2.81. The zero-order valence-electron chi connectivity index (χ0n) is 13.2. The van der Waals surface area contributed by atoms with Gasteiger partial charge in [-0.2, -0.15) is 5.10 Å². The van der Waals surface area contributed by atoms with Crippen LogP contribution in [0.5, 0.6) is 0 Å². The molecule has 114 valence electrons. The molecule has 1 aliphatic rings. The maximum Gasteiger partial charge on any atom is 0.0858 e. The molecule has 2 heterocycles. The van der Waals surface area contributed by atoms with Crippen LogP contribution in [0.15, 0.2) is 6.07 Å². The van der Waals surface area contributed by atoms with Crippen molar-refractivity contribution < 1.29 is 4.74 Å². The maximum atomic E-state index is 5.97. The Kier molecular flexibility index (Phi) is 5.57. The molecule has 0 bridgehead atoms. The van der Waals surface area contributed by atoms with Crippen LogP contribution in [0, 0.1) is 0 Å². The van der Waals surface area contributed by atoms with Crippen molar-refractivity contribution in [1.82, 2.24) is 20.0 Å². The molecule has 0 spiro atoms. The molecule has 1 N–H and O–H groups in total. The quantitative estimate of drug-likeness (QED) is 0.838. The topological polar surface area (TPSA) is 42.3 Å². The molecule has 0 saturated carbocycles. The van der Waals surface area contributed by atoms with E-state index in [4.69, 9.17) is 4.74 Å². The van der Waals surface area contributed by atoms with Gasteiger partial charge < -0.3 is 15.0 Å². The Hall–Kier alpha value is -0.910. The van der Waals surface area contributed by atoms with E-state index in [1.54, 1.807) is 0 Å². The van der Waals surface area contributed by atoms with Crippen LogP contribution in [0.4, 0.5) is 0 Å². The second-order valence-electron chi connectivity index (χ2n) is 5.64. The Morgan fingerprint density at radius 1 is 1.45 bits per heavy atom. The average molecular weight is 280 g/mol. The molecule has 1 saturated heterocycles. The number of aryl methyl sites for hydroxylation is 2. The molecule has 2 unspecified atom stereocenters. The highest BCUT2D eigenvalue weighted by Crippen LogP contribution is 2.14. The molecule has 0 amide bonds. The number of rotatable bonds is 6. The second-order valence-corrected chi connectivity index (χ2v) is 5.64. The summed E-state index contributed by atoms with van der Waals surface area (Å²) in [5.41, 5.74) is 2.45. The van der Waals surface area contributed by atoms with Crippen LogP contribution >= 0.6 is 0 Å². The molecule has 20 heavy (non-hydrogen) atoms. The molecule has 1 aliphatic heterocycles. The minimum absolute atomic E-state index is 0.258.